The molecule has 430 valence electrons. The Morgan fingerprint density at radius 2 is 0.849 bits per heavy atom. The second kappa shape index (κ2) is 57.6. The highest BCUT2D eigenvalue weighted by molar-refractivity contribution is 6.59. The summed E-state index contributed by atoms with van der Waals surface area (Å²) in [6, 6.07) is 13.6. The zero-order valence-corrected chi connectivity index (χ0v) is 48.5. The van der Waals surface area contributed by atoms with E-state index in [0.29, 0.717) is 47.7 Å². The SMILES string of the molecule is CC.CC.CC.CC.CCC(C)N(CC(O)CO)CC(O)CO.CCC(C)N=C(N)N.CCC(C)NC(=O)c1ccc(B(O)O)cc1.CCC(C)NC(=O)c1ccc(B(O)O)cc1.CCC(C)NCC(O)CO. The van der Waals surface area contributed by atoms with E-state index >= 15 is 0 Å². The quantitative estimate of drug-likeness (QED) is 0.0432. The second-order valence-electron chi connectivity index (χ2n) is 15.8. The van der Waals surface area contributed by atoms with Crippen molar-refractivity contribution in [1.29, 1.82) is 0 Å². The highest BCUT2D eigenvalue weighted by atomic mass is 16.4. The van der Waals surface area contributed by atoms with Crippen LogP contribution in [0.1, 0.15) is 177 Å². The molecular weight excluding hydrogens is 936 g/mol. The van der Waals surface area contributed by atoms with Crippen molar-refractivity contribution in [3.05, 3.63) is 59.7 Å². The van der Waals surface area contributed by atoms with E-state index in [1.54, 1.807) is 24.3 Å². The highest BCUT2D eigenvalue weighted by Gasteiger charge is 2.19. The zero-order valence-electron chi connectivity index (χ0n) is 48.5. The lowest BCUT2D eigenvalue weighted by molar-refractivity contribution is 0.00906. The van der Waals surface area contributed by atoms with E-state index in [0.717, 1.165) is 32.1 Å². The average Bonchev–Trinajstić information content (AvgIpc) is 3.41. The predicted molar refractivity (Wildman–Crippen MR) is 306 cm³/mol. The van der Waals surface area contributed by atoms with Gasteiger partial charge >= 0.3 is 14.2 Å². The van der Waals surface area contributed by atoms with Gasteiger partial charge in [0.05, 0.1) is 44.2 Å². The summed E-state index contributed by atoms with van der Waals surface area (Å²) in [5.74, 6) is -0.110. The van der Waals surface area contributed by atoms with E-state index in [1.165, 1.54) is 24.3 Å². The van der Waals surface area contributed by atoms with Crippen LogP contribution in [-0.4, -0.2) is 176 Å². The van der Waals surface area contributed by atoms with Crippen LogP contribution < -0.4 is 38.3 Å². The van der Waals surface area contributed by atoms with Crippen molar-refractivity contribution in [1.82, 2.24) is 20.9 Å². The first kappa shape index (κ1) is 83.3. The molecule has 0 aliphatic heterocycles. The predicted octanol–water partition coefficient (Wildman–Crippen LogP) is 2.47. The molecule has 0 saturated carbocycles. The summed E-state index contributed by atoms with van der Waals surface area (Å²) >= 11 is 0. The Balaban J connectivity index is -0.000000146. The first-order chi connectivity index (χ1) is 34.5. The summed E-state index contributed by atoms with van der Waals surface area (Å²) in [6.07, 6.45) is 2.44. The molecule has 19 nitrogen and oxygen atoms in total. The van der Waals surface area contributed by atoms with Crippen molar-refractivity contribution in [2.75, 3.05) is 39.5 Å². The van der Waals surface area contributed by atoms with Crippen LogP contribution in [0.4, 0.5) is 0 Å². The fourth-order valence-electron chi connectivity index (χ4n) is 4.67. The van der Waals surface area contributed by atoms with Crippen LogP contribution in [0, 0.1) is 0 Å². The van der Waals surface area contributed by atoms with E-state index in [9.17, 15) is 19.8 Å². The van der Waals surface area contributed by atoms with Gasteiger partial charge in [-0.05, 0) is 102 Å². The minimum absolute atomic E-state index is 0.135. The monoisotopic (exact) mass is 1050 g/mol. The van der Waals surface area contributed by atoms with Crippen LogP contribution in [0.2, 0.25) is 0 Å². The van der Waals surface area contributed by atoms with Crippen LogP contribution in [0.25, 0.3) is 0 Å². The molecule has 0 heterocycles. The summed E-state index contributed by atoms with van der Waals surface area (Å²) < 4.78 is 0. The summed E-state index contributed by atoms with van der Waals surface area (Å²) in [5.41, 5.74) is 12.0. The van der Waals surface area contributed by atoms with Gasteiger partial charge in [0.2, 0.25) is 0 Å². The molecule has 0 spiro atoms. The number of aliphatic imine (C=N–C) groups is 1. The van der Waals surface area contributed by atoms with E-state index in [-0.39, 0.29) is 61.8 Å². The van der Waals surface area contributed by atoms with Gasteiger partial charge in [-0.15, -0.1) is 0 Å². The van der Waals surface area contributed by atoms with Crippen molar-refractivity contribution >= 4 is 42.9 Å². The van der Waals surface area contributed by atoms with Crippen LogP contribution in [0.15, 0.2) is 53.5 Å². The maximum absolute atomic E-state index is 11.7. The Labute approximate surface area is 443 Å². The molecule has 0 aliphatic rings. The molecule has 2 aromatic carbocycles. The number of hydrogen-bond acceptors (Lipinski definition) is 15. The van der Waals surface area contributed by atoms with Crippen molar-refractivity contribution in [2.24, 2.45) is 16.5 Å². The lowest BCUT2D eigenvalue weighted by atomic mass is 9.80. The fraction of sp³-hybridized carbons (Fsp3) is 0.712. The first-order valence-electron chi connectivity index (χ1n) is 26.5. The number of guanidine groups is 1. The number of carbonyl (C=O) groups excluding carboxylic acids is 2. The number of rotatable bonds is 23. The number of carbonyl (C=O) groups is 2. The number of nitrogens with zero attached hydrogens (tertiary/aromatic N) is 2. The van der Waals surface area contributed by atoms with Gasteiger partial charge in [-0.2, -0.15) is 0 Å². The molecular formula is C52H109B2N7O12. The number of benzene rings is 2. The first-order valence-corrected chi connectivity index (χ1v) is 26.5. The molecule has 2 rings (SSSR count). The summed E-state index contributed by atoms with van der Waals surface area (Å²) in [6.45, 7) is 36.3. The van der Waals surface area contributed by atoms with Gasteiger partial charge in [-0.3, -0.25) is 19.5 Å². The molecule has 0 bridgehead atoms. The van der Waals surface area contributed by atoms with Crippen LogP contribution >= 0.6 is 0 Å². The number of nitrogens with two attached hydrogens (primary N) is 2. The molecule has 2 amide bonds. The normalized spacial score (nSPS) is 12.9. The highest BCUT2D eigenvalue weighted by Crippen LogP contribution is 2.06. The minimum Gasteiger partial charge on any atom is -0.423 e. The maximum Gasteiger partial charge on any atom is 0.488 e. The Morgan fingerprint density at radius 3 is 1.07 bits per heavy atom. The number of hydrogen-bond donors (Lipinski definition) is 15. The fourth-order valence-corrected chi connectivity index (χ4v) is 4.67. The number of amides is 2. The Bertz CT molecular complexity index is 1410. The van der Waals surface area contributed by atoms with Crippen LogP contribution in [-0.2, 0) is 0 Å². The van der Waals surface area contributed by atoms with Crippen molar-refractivity contribution in [3.8, 4) is 0 Å². The lowest BCUT2D eigenvalue weighted by Crippen LogP contribution is -2.44. The molecule has 8 unspecified atom stereocenters. The second-order valence-corrected chi connectivity index (χ2v) is 15.8. The Kier molecular flexibility index (Phi) is 65.7. The largest absolute Gasteiger partial charge is 0.488 e. The summed E-state index contributed by atoms with van der Waals surface area (Å²) in [7, 11) is -2.99. The standard InChI is InChI=1S/2C11H16BNO3.C10H23NO4.C7H17NO2.C5H13N3.4C2H6/c2*1-3-8(2)13-11(14)9-4-6-10(7-5-9)12(15)16;1-3-8(2)11(4-9(14)6-12)5-10(15)7-13;1-3-6(2)8-4-7(10)5-9;1-3-4(2)8-5(6)7;4*1-2/h2*4-8,15-16H,3H2,1-2H3,(H,13,14);8-10,12-15H,3-7H2,1-2H3;6-10H,3-5H2,1-2H3;4H,3H2,1-2H3,(H4,6,7,8);4*1-2H3. The van der Waals surface area contributed by atoms with Gasteiger partial charge in [-0.25, -0.2) is 0 Å². The van der Waals surface area contributed by atoms with Gasteiger partial charge < -0.3 is 78.2 Å². The van der Waals surface area contributed by atoms with Gasteiger partial charge in [0.25, 0.3) is 11.8 Å². The lowest BCUT2D eigenvalue weighted by Gasteiger charge is -2.31. The number of aliphatic hydroxyl groups is 6. The molecule has 0 saturated heterocycles. The number of nitrogens with one attached hydrogen (secondary N) is 3. The van der Waals surface area contributed by atoms with Crippen molar-refractivity contribution in [3.63, 3.8) is 0 Å². The molecule has 8 atom stereocenters. The Hall–Kier alpha value is -3.70. The average molecular weight is 1050 g/mol. The molecule has 0 aliphatic carbocycles. The topological polar surface area (TPSA) is 340 Å². The molecule has 0 fully saturated rings. The van der Waals surface area contributed by atoms with Crippen LogP contribution in [0.5, 0.6) is 0 Å². The van der Waals surface area contributed by atoms with Gasteiger partial charge in [-0.1, -0.05) is 114 Å². The molecule has 21 heteroatoms. The van der Waals surface area contributed by atoms with E-state index in [1.807, 2.05) is 123 Å². The summed E-state index contributed by atoms with van der Waals surface area (Å²) in [4.78, 5) is 29.0. The zero-order chi connectivity index (χ0) is 58.7. The van der Waals surface area contributed by atoms with Crippen LogP contribution in [0.3, 0.4) is 0 Å². The third-order valence-electron chi connectivity index (χ3n) is 9.93. The smallest absolute Gasteiger partial charge is 0.423 e. The van der Waals surface area contributed by atoms with Gasteiger partial charge in [0, 0.05) is 54.9 Å². The maximum atomic E-state index is 11.7. The minimum atomic E-state index is -1.49. The third kappa shape index (κ3) is 50.2. The van der Waals surface area contributed by atoms with E-state index < -0.39 is 32.5 Å². The summed E-state index contributed by atoms with van der Waals surface area (Å²) in [5, 5.41) is 97.7. The Morgan fingerprint density at radius 1 is 0.534 bits per heavy atom. The van der Waals surface area contributed by atoms with Crippen molar-refractivity contribution < 1.29 is 60.3 Å². The van der Waals surface area contributed by atoms with E-state index in [2.05, 4.69) is 27.9 Å². The molecule has 73 heavy (non-hydrogen) atoms. The molecule has 2 aromatic rings. The van der Waals surface area contributed by atoms with E-state index in [4.69, 9.17) is 52.0 Å². The number of aliphatic hydroxyl groups excluding tert-OH is 6. The molecule has 0 aromatic heterocycles. The molecule has 17 N–H and O–H groups in total. The third-order valence-corrected chi connectivity index (χ3v) is 9.93. The van der Waals surface area contributed by atoms with Gasteiger partial charge in [0.1, 0.15) is 0 Å². The molecule has 0 radical (unpaired) electrons. The van der Waals surface area contributed by atoms with Gasteiger partial charge in [0.15, 0.2) is 5.96 Å². The van der Waals surface area contributed by atoms with Crippen molar-refractivity contribution in [2.45, 2.75) is 205 Å².